The summed E-state index contributed by atoms with van der Waals surface area (Å²) >= 11 is 0. The fourth-order valence-electron chi connectivity index (χ4n) is 4.95. The van der Waals surface area contributed by atoms with E-state index in [1.807, 2.05) is 13.0 Å². The lowest BCUT2D eigenvalue weighted by molar-refractivity contribution is -0.141. The van der Waals surface area contributed by atoms with Crippen molar-refractivity contribution in [2.45, 2.75) is 103 Å². The second-order valence-electron chi connectivity index (χ2n) is 10.9. The average Bonchev–Trinajstić information content (AvgIpc) is 3.25. The molecule has 2 heterocycles. The summed E-state index contributed by atoms with van der Waals surface area (Å²) in [4.78, 5) is 53.3. The quantitative estimate of drug-likeness (QED) is 0.615. The van der Waals surface area contributed by atoms with E-state index in [0.717, 1.165) is 25.7 Å². The monoisotopic (exact) mass is 461 g/mol. The zero-order valence-corrected chi connectivity index (χ0v) is 20.6. The summed E-state index contributed by atoms with van der Waals surface area (Å²) in [6.07, 6.45) is 8.66. The van der Waals surface area contributed by atoms with Crippen LogP contribution in [0, 0.1) is 11.8 Å². The summed E-state index contributed by atoms with van der Waals surface area (Å²) < 4.78 is 5.38. The number of allylic oxidation sites excluding steroid dienone is 1. The molecule has 184 valence electrons. The van der Waals surface area contributed by atoms with Gasteiger partial charge in [-0.3, -0.25) is 14.4 Å². The molecular formula is C25H39N3O5. The van der Waals surface area contributed by atoms with Crippen LogP contribution in [-0.4, -0.2) is 58.4 Å². The first kappa shape index (κ1) is 25.2. The highest BCUT2D eigenvalue weighted by molar-refractivity contribution is 5.98. The van der Waals surface area contributed by atoms with Gasteiger partial charge in [-0.05, 0) is 65.7 Å². The molecule has 33 heavy (non-hydrogen) atoms. The second-order valence-corrected chi connectivity index (χ2v) is 10.9. The zero-order chi connectivity index (χ0) is 24.4. The first-order chi connectivity index (χ1) is 15.4. The number of ketones is 1. The molecule has 3 amide bonds. The first-order valence-corrected chi connectivity index (χ1v) is 12.2. The lowest BCUT2D eigenvalue weighted by Crippen LogP contribution is -2.56. The molecule has 0 aromatic rings. The minimum Gasteiger partial charge on any atom is -0.444 e. The third-order valence-corrected chi connectivity index (χ3v) is 6.81. The van der Waals surface area contributed by atoms with Crippen LogP contribution in [-0.2, 0) is 19.1 Å². The Morgan fingerprint density at radius 3 is 2.61 bits per heavy atom. The van der Waals surface area contributed by atoms with Crippen molar-refractivity contribution in [3.05, 3.63) is 12.2 Å². The lowest BCUT2D eigenvalue weighted by atomic mass is 10.0. The molecule has 0 spiro atoms. The summed E-state index contributed by atoms with van der Waals surface area (Å²) in [6, 6.07) is -1.40. The first-order valence-electron chi connectivity index (χ1n) is 12.2. The molecule has 3 aliphatic rings. The molecule has 2 N–H and O–H groups in total. The number of hydrogen-bond acceptors (Lipinski definition) is 5. The van der Waals surface area contributed by atoms with Crippen molar-refractivity contribution in [1.29, 1.82) is 0 Å². The number of amides is 3. The largest absolute Gasteiger partial charge is 0.444 e. The van der Waals surface area contributed by atoms with E-state index < -0.39 is 29.3 Å². The van der Waals surface area contributed by atoms with Crippen LogP contribution in [0.5, 0.6) is 0 Å². The molecule has 0 unspecified atom stereocenters. The smallest absolute Gasteiger partial charge is 0.408 e. The van der Waals surface area contributed by atoms with Gasteiger partial charge in [0, 0.05) is 12.5 Å². The van der Waals surface area contributed by atoms with Gasteiger partial charge in [0.05, 0.1) is 0 Å². The van der Waals surface area contributed by atoms with Crippen LogP contribution < -0.4 is 10.6 Å². The summed E-state index contributed by atoms with van der Waals surface area (Å²) in [5.74, 6) is -0.446. The maximum Gasteiger partial charge on any atom is 0.408 e. The van der Waals surface area contributed by atoms with Crippen LogP contribution in [0.2, 0.25) is 0 Å². The molecule has 1 saturated carbocycles. The molecule has 0 bridgehead atoms. The van der Waals surface area contributed by atoms with Gasteiger partial charge in [-0.1, -0.05) is 31.9 Å². The lowest BCUT2D eigenvalue weighted by Gasteiger charge is -2.30. The van der Waals surface area contributed by atoms with Crippen molar-refractivity contribution in [3.63, 3.8) is 0 Å². The number of alkyl carbamates (subject to hydrolysis) is 1. The van der Waals surface area contributed by atoms with Gasteiger partial charge in [0.15, 0.2) is 5.78 Å². The van der Waals surface area contributed by atoms with Crippen molar-refractivity contribution in [2.75, 3.05) is 6.54 Å². The number of fused-ring (bicyclic) bond motifs is 2. The van der Waals surface area contributed by atoms with Gasteiger partial charge in [-0.2, -0.15) is 0 Å². The Balaban J connectivity index is 1.83. The molecule has 8 nitrogen and oxygen atoms in total. The van der Waals surface area contributed by atoms with Gasteiger partial charge in [-0.25, -0.2) is 4.79 Å². The van der Waals surface area contributed by atoms with Crippen LogP contribution in [0.4, 0.5) is 4.79 Å². The molecule has 8 heteroatoms. The molecule has 5 atom stereocenters. The maximum absolute atomic E-state index is 13.6. The van der Waals surface area contributed by atoms with Crippen LogP contribution >= 0.6 is 0 Å². The summed E-state index contributed by atoms with van der Waals surface area (Å²) in [5.41, 5.74) is -1.53. The van der Waals surface area contributed by atoms with Crippen LogP contribution in [0.3, 0.4) is 0 Å². The maximum atomic E-state index is 13.6. The highest BCUT2D eigenvalue weighted by atomic mass is 16.6. The van der Waals surface area contributed by atoms with E-state index in [2.05, 4.69) is 16.7 Å². The normalized spacial score (nSPS) is 34.2. The number of carbonyl (C=O) groups is 4. The molecule has 1 aliphatic carbocycles. The van der Waals surface area contributed by atoms with Crippen LogP contribution in [0.25, 0.3) is 0 Å². The molecule has 2 aliphatic heterocycles. The third-order valence-electron chi connectivity index (χ3n) is 6.81. The SMILES string of the molecule is CC(=O)[C@@]12C[C@H]1/C=C\CCCCC[C@H](NC(=O)OC(C)(C)C)C(=O)N1C[C@H](C)C[C@H]1C(=O)N2. The van der Waals surface area contributed by atoms with Crippen LogP contribution in [0.15, 0.2) is 12.2 Å². The topological polar surface area (TPSA) is 105 Å². The number of nitrogens with zero attached hydrogens (tertiary/aromatic N) is 1. The van der Waals surface area contributed by atoms with Crippen molar-refractivity contribution in [2.24, 2.45) is 11.8 Å². The van der Waals surface area contributed by atoms with E-state index in [-0.39, 0.29) is 29.4 Å². The van der Waals surface area contributed by atoms with E-state index in [4.69, 9.17) is 4.74 Å². The minimum atomic E-state index is -0.859. The summed E-state index contributed by atoms with van der Waals surface area (Å²) in [6.45, 7) is 9.29. The van der Waals surface area contributed by atoms with Crippen molar-refractivity contribution < 1.29 is 23.9 Å². The third kappa shape index (κ3) is 6.15. The number of carbonyl (C=O) groups excluding carboxylic acids is 4. The Morgan fingerprint density at radius 2 is 1.94 bits per heavy atom. The molecule has 2 fully saturated rings. The van der Waals surface area contributed by atoms with Gasteiger partial charge in [0.2, 0.25) is 11.8 Å². The Labute approximate surface area is 196 Å². The molecule has 1 saturated heterocycles. The van der Waals surface area contributed by atoms with Crippen molar-refractivity contribution in [1.82, 2.24) is 15.5 Å². The van der Waals surface area contributed by atoms with Gasteiger partial charge in [0.25, 0.3) is 0 Å². The van der Waals surface area contributed by atoms with Gasteiger partial charge in [-0.15, -0.1) is 0 Å². The Kier molecular flexibility index (Phi) is 7.54. The molecule has 0 aromatic heterocycles. The predicted octanol–water partition coefficient (Wildman–Crippen LogP) is 3.10. The highest BCUT2D eigenvalue weighted by Crippen LogP contribution is 2.46. The fraction of sp³-hybridized carbons (Fsp3) is 0.760. The van der Waals surface area contributed by atoms with Gasteiger partial charge in [0.1, 0.15) is 23.2 Å². The molecule has 0 radical (unpaired) electrons. The number of rotatable bonds is 2. The number of hydrogen-bond donors (Lipinski definition) is 2. The van der Waals surface area contributed by atoms with E-state index >= 15 is 0 Å². The Bertz CT molecular complexity index is 817. The Morgan fingerprint density at radius 1 is 1.21 bits per heavy atom. The van der Waals surface area contributed by atoms with E-state index in [1.165, 1.54) is 6.92 Å². The van der Waals surface area contributed by atoms with Crippen molar-refractivity contribution in [3.8, 4) is 0 Å². The fourth-order valence-corrected chi connectivity index (χ4v) is 4.95. The van der Waals surface area contributed by atoms with E-state index in [9.17, 15) is 19.2 Å². The van der Waals surface area contributed by atoms with Gasteiger partial charge < -0.3 is 20.3 Å². The summed E-state index contributed by atoms with van der Waals surface area (Å²) in [5, 5.41) is 5.74. The van der Waals surface area contributed by atoms with E-state index in [1.54, 1.807) is 25.7 Å². The van der Waals surface area contributed by atoms with Crippen LogP contribution in [0.1, 0.15) is 79.6 Å². The zero-order valence-electron chi connectivity index (χ0n) is 20.6. The number of Topliss-reactive ketones (excluding diaryl/α,β-unsaturated/α-hetero) is 1. The average molecular weight is 462 g/mol. The second kappa shape index (κ2) is 9.85. The standard InChI is InChI=1S/C25H39N3O5/c1-16-13-20-21(30)27-25(17(2)29)14-18(25)11-9-7-6-8-10-12-19(22(31)28(20)15-16)26-23(32)33-24(3,4)5/h9,11,16,18-20H,6-8,10,12-15H2,1-5H3,(H,26,32)(H,27,30)/b11-9-/t16-,18-,19+,20+,25+/m1/s1. The summed E-state index contributed by atoms with van der Waals surface area (Å²) in [7, 11) is 0. The molecular weight excluding hydrogens is 422 g/mol. The predicted molar refractivity (Wildman–Crippen MR) is 124 cm³/mol. The Hall–Kier alpha value is -2.38. The number of nitrogens with one attached hydrogen (secondary N) is 2. The highest BCUT2D eigenvalue weighted by Gasteiger charge is 2.58. The molecule has 0 aromatic carbocycles. The minimum absolute atomic E-state index is 0.00800. The van der Waals surface area contributed by atoms with Crippen molar-refractivity contribution >= 4 is 23.7 Å². The molecule has 3 rings (SSSR count). The van der Waals surface area contributed by atoms with Gasteiger partial charge >= 0.3 is 6.09 Å². The number of ether oxygens (including phenoxy) is 1. The van der Waals surface area contributed by atoms with E-state index in [0.29, 0.717) is 25.8 Å².